The third-order valence-electron chi connectivity index (χ3n) is 4.43. The molecule has 1 aliphatic rings. The summed E-state index contributed by atoms with van der Waals surface area (Å²) in [5.41, 5.74) is 6.96. The van der Waals surface area contributed by atoms with Crippen LogP contribution in [0.2, 0.25) is 0 Å². The first-order valence-corrected chi connectivity index (χ1v) is 7.03. The second-order valence-corrected chi connectivity index (χ2v) is 5.58. The second kappa shape index (κ2) is 4.92. The lowest BCUT2D eigenvalue weighted by Gasteiger charge is -2.12. The molecule has 3 rings (SSSR count). The van der Waals surface area contributed by atoms with Crippen molar-refractivity contribution in [1.29, 1.82) is 0 Å². The first kappa shape index (κ1) is 13.7. The summed E-state index contributed by atoms with van der Waals surface area (Å²) < 4.78 is 5.30. The van der Waals surface area contributed by atoms with E-state index in [0.29, 0.717) is 0 Å². The maximum atomic E-state index is 11.2. The van der Waals surface area contributed by atoms with Crippen molar-refractivity contribution >= 4 is 5.97 Å². The summed E-state index contributed by atoms with van der Waals surface area (Å²) in [6.07, 6.45) is 0.107. The number of hydrogen-bond acceptors (Lipinski definition) is 2. The predicted octanol–water partition coefficient (Wildman–Crippen LogP) is 3.90. The quantitative estimate of drug-likeness (QED) is 0.928. The highest BCUT2D eigenvalue weighted by atomic mass is 16.5. The Morgan fingerprint density at radius 1 is 1.19 bits per heavy atom. The van der Waals surface area contributed by atoms with E-state index in [-0.39, 0.29) is 12.3 Å². The number of rotatable bonds is 3. The van der Waals surface area contributed by atoms with Crippen LogP contribution in [0, 0.1) is 13.8 Å². The summed E-state index contributed by atoms with van der Waals surface area (Å²) in [6.45, 7) is 4.19. The van der Waals surface area contributed by atoms with Gasteiger partial charge in [0, 0.05) is 5.92 Å². The topological polar surface area (TPSA) is 46.5 Å². The van der Waals surface area contributed by atoms with Gasteiger partial charge in [-0.05, 0) is 59.4 Å². The highest BCUT2D eigenvalue weighted by molar-refractivity contribution is 5.84. The van der Waals surface area contributed by atoms with Crippen LogP contribution in [0.3, 0.4) is 0 Å². The van der Waals surface area contributed by atoms with E-state index in [4.69, 9.17) is 4.74 Å². The monoisotopic (exact) mass is 282 g/mol. The van der Waals surface area contributed by atoms with Gasteiger partial charge in [0.05, 0.1) is 13.5 Å². The maximum Gasteiger partial charge on any atom is 0.304 e. The minimum atomic E-state index is -0.778. The maximum absolute atomic E-state index is 11.2. The number of benzene rings is 2. The Balaban J connectivity index is 2.26. The lowest BCUT2D eigenvalue weighted by atomic mass is 9.92. The number of aliphatic carboxylic acids is 1. The van der Waals surface area contributed by atoms with Crippen LogP contribution in [0.15, 0.2) is 30.3 Å². The van der Waals surface area contributed by atoms with Crippen molar-refractivity contribution in [3.63, 3.8) is 0 Å². The molecule has 108 valence electrons. The van der Waals surface area contributed by atoms with Crippen molar-refractivity contribution in [2.45, 2.75) is 26.2 Å². The number of carboxylic acid groups (broad SMARTS) is 1. The summed E-state index contributed by atoms with van der Waals surface area (Å²) >= 11 is 0. The number of ether oxygens (including phenoxy) is 1. The minimum Gasteiger partial charge on any atom is -0.497 e. The molecular formula is C18H18O3. The molecule has 1 atom stereocenters. The fraction of sp³-hybridized carbons (Fsp3) is 0.278. The summed E-state index contributed by atoms with van der Waals surface area (Å²) in [5, 5.41) is 9.24. The van der Waals surface area contributed by atoms with E-state index in [2.05, 4.69) is 26.0 Å². The van der Waals surface area contributed by atoms with E-state index in [1.807, 2.05) is 18.2 Å². The fourth-order valence-electron chi connectivity index (χ4n) is 3.23. The molecule has 0 aliphatic heterocycles. The van der Waals surface area contributed by atoms with Gasteiger partial charge in [-0.2, -0.15) is 0 Å². The number of aryl methyl sites for hydroxylation is 1. The molecule has 0 bridgehead atoms. The van der Waals surface area contributed by atoms with E-state index in [9.17, 15) is 9.90 Å². The summed E-state index contributed by atoms with van der Waals surface area (Å²) in [6, 6.07) is 10.1. The number of methoxy groups -OCH3 is 1. The molecule has 1 unspecified atom stereocenters. The van der Waals surface area contributed by atoms with Crippen LogP contribution < -0.4 is 4.74 Å². The second-order valence-electron chi connectivity index (χ2n) is 5.58. The van der Waals surface area contributed by atoms with Crippen LogP contribution in [0.25, 0.3) is 11.1 Å². The Hall–Kier alpha value is -2.29. The first-order chi connectivity index (χ1) is 10.0. The molecule has 2 aromatic rings. The van der Waals surface area contributed by atoms with Crippen molar-refractivity contribution in [2.75, 3.05) is 7.11 Å². The Morgan fingerprint density at radius 2 is 1.95 bits per heavy atom. The van der Waals surface area contributed by atoms with Crippen molar-refractivity contribution in [1.82, 2.24) is 0 Å². The first-order valence-electron chi connectivity index (χ1n) is 7.03. The predicted molar refractivity (Wildman–Crippen MR) is 82.0 cm³/mol. The van der Waals surface area contributed by atoms with Gasteiger partial charge in [-0.15, -0.1) is 0 Å². The number of carbonyl (C=O) groups is 1. The SMILES string of the molecule is COc1ccc2c(c1)C(CC(=O)O)c1ccc(C)c(C)c1-2. The Labute approximate surface area is 124 Å². The molecule has 0 radical (unpaired) electrons. The van der Waals surface area contributed by atoms with Crippen LogP contribution in [-0.4, -0.2) is 18.2 Å². The van der Waals surface area contributed by atoms with Gasteiger partial charge in [-0.1, -0.05) is 18.2 Å². The van der Waals surface area contributed by atoms with Gasteiger partial charge in [0.25, 0.3) is 0 Å². The summed E-state index contributed by atoms with van der Waals surface area (Å²) in [7, 11) is 1.63. The summed E-state index contributed by atoms with van der Waals surface area (Å²) in [5.74, 6) is -0.104. The number of fused-ring (bicyclic) bond motifs is 3. The van der Waals surface area contributed by atoms with E-state index < -0.39 is 5.97 Å². The molecule has 0 saturated heterocycles. The molecular weight excluding hydrogens is 264 g/mol. The number of hydrogen-bond donors (Lipinski definition) is 1. The molecule has 3 heteroatoms. The average Bonchev–Trinajstić information content (AvgIpc) is 2.76. The molecule has 21 heavy (non-hydrogen) atoms. The Kier molecular flexibility index (Phi) is 3.20. The van der Waals surface area contributed by atoms with Crippen LogP contribution >= 0.6 is 0 Å². The zero-order valence-corrected chi connectivity index (χ0v) is 12.4. The molecule has 0 fully saturated rings. The molecule has 2 aromatic carbocycles. The highest BCUT2D eigenvalue weighted by Gasteiger charge is 2.32. The third-order valence-corrected chi connectivity index (χ3v) is 4.43. The summed E-state index contributed by atoms with van der Waals surface area (Å²) in [4.78, 5) is 11.2. The normalized spacial score (nSPS) is 15.5. The molecule has 0 heterocycles. The number of carboxylic acids is 1. The Morgan fingerprint density at radius 3 is 2.62 bits per heavy atom. The zero-order chi connectivity index (χ0) is 15.1. The largest absolute Gasteiger partial charge is 0.497 e. The van der Waals surface area contributed by atoms with Gasteiger partial charge >= 0.3 is 5.97 Å². The Bertz CT molecular complexity index is 731. The van der Waals surface area contributed by atoms with Crippen molar-refractivity contribution in [2.24, 2.45) is 0 Å². The third kappa shape index (κ3) is 2.09. The lowest BCUT2D eigenvalue weighted by Crippen LogP contribution is -2.05. The van der Waals surface area contributed by atoms with Gasteiger partial charge in [-0.3, -0.25) is 4.79 Å². The molecule has 0 spiro atoms. The van der Waals surface area contributed by atoms with Crippen LogP contribution in [0.4, 0.5) is 0 Å². The lowest BCUT2D eigenvalue weighted by molar-refractivity contribution is -0.137. The standard InChI is InChI=1S/C18H18O3/c1-10-4-6-13-16(9-17(19)20)15-8-12(21-3)5-7-14(15)18(13)11(10)2/h4-8,16H,9H2,1-3H3,(H,19,20). The molecule has 0 amide bonds. The molecule has 1 N–H and O–H groups in total. The zero-order valence-electron chi connectivity index (χ0n) is 12.4. The van der Waals surface area contributed by atoms with Crippen molar-refractivity contribution in [3.05, 3.63) is 52.6 Å². The van der Waals surface area contributed by atoms with Gasteiger partial charge in [0.15, 0.2) is 0 Å². The fourth-order valence-corrected chi connectivity index (χ4v) is 3.23. The van der Waals surface area contributed by atoms with E-state index in [1.54, 1.807) is 7.11 Å². The molecule has 3 nitrogen and oxygen atoms in total. The van der Waals surface area contributed by atoms with Crippen molar-refractivity contribution < 1.29 is 14.6 Å². The molecule has 1 aliphatic carbocycles. The highest BCUT2D eigenvalue weighted by Crippen LogP contribution is 2.49. The van der Waals surface area contributed by atoms with E-state index in [0.717, 1.165) is 22.4 Å². The van der Waals surface area contributed by atoms with E-state index >= 15 is 0 Å². The van der Waals surface area contributed by atoms with Crippen LogP contribution in [0.5, 0.6) is 5.75 Å². The van der Waals surface area contributed by atoms with Gasteiger partial charge in [0.2, 0.25) is 0 Å². The van der Waals surface area contributed by atoms with Crippen LogP contribution in [-0.2, 0) is 4.79 Å². The smallest absolute Gasteiger partial charge is 0.304 e. The average molecular weight is 282 g/mol. The van der Waals surface area contributed by atoms with Crippen molar-refractivity contribution in [3.8, 4) is 16.9 Å². The van der Waals surface area contributed by atoms with Crippen LogP contribution in [0.1, 0.15) is 34.6 Å². The van der Waals surface area contributed by atoms with E-state index in [1.165, 1.54) is 16.7 Å². The molecule has 0 aromatic heterocycles. The van der Waals surface area contributed by atoms with Gasteiger partial charge in [-0.25, -0.2) is 0 Å². The van der Waals surface area contributed by atoms with Gasteiger partial charge in [0.1, 0.15) is 5.75 Å². The molecule has 0 saturated carbocycles. The minimum absolute atomic E-state index is 0.0955. The van der Waals surface area contributed by atoms with Gasteiger partial charge < -0.3 is 9.84 Å².